The summed E-state index contributed by atoms with van der Waals surface area (Å²) < 4.78 is 0.439. The third kappa shape index (κ3) is 4.65. The first-order chi connectivity index (χ1) is 16.3. The number of benzene rings is 2. The van der Waals surface area contributed by atoms with E-state index in [0.29, 0.717) is 46.9 Å². The number of fused-ring (bicyclic) bond motifs is 1. The lowest BCUT2D eigenvalue weighted by atomic mass is 10.0. The van der Waals surface area contributed by atoms with Crippen LogP contribution >= 0.6 is 15.9 Å². The minimum absolute atomic E-state index is 0.162. The first-order valence-corrected chi connectivity index (χ1v) is 11.5. The van der Waals surface area contributed by atoms with E-state index < -0.39 is 10.8 Å². The molecule has 1 fully saturated rings. The maximum Gasteiger partial charge on any atom is 0.294 e. The minimum Gasteiger partial charge on any atom is -0.365 e. The van der Waals surface area contributed by atoms with Gasteiger partial charge in [0.1, 0.15) is 5.69 Å². The average molecular weight is 528 g/mol. The normalized spacial score (nSPS) is 14.1. The van der Waals surface area contributed by atoms with Crippen molar-refractivity contribution in [2.45, 2.75) is 18.9 Å². The Labute approximate surface area is 202 Å². The number of piperidine rings is 1. The number of H-pyrrole nitrogens is 1. The van der Waals surface area contributed by atoms with Crippen molar-refractivity contribution in [3.63, 3.8) is 0 Å². The number of rotatable bonds is 5. The highest BCUT2D eigenvalue weighted by atomic mass is 79.9. The molecule has 1 saturated heterocycles. The molecule has 3 aromatic rings. The molecule has 4 rings (SSSR count). The molecule has 2 aromatic carbocycles. The molecule has 0 atom stereocenters. The Kier molecular flexibility index (Phi) is 6.64. The molecule has 1 aromatic heterocycles. The second-order valence-electron chi connectivity index (χ2n) is 7.98. The SMILES string of the molecule is CNC(=O)c1cc(Br)cc([N+](=O)[O-])c1N1CCC(NC(=O)c2cc(=O)[nH]c3ccccc23)CC1. The predicted molar refractivity (Wildman–Crippen MR) is 131 cm³/mol. The molecule has 0 bridgehead atoms. The maximum atomic E-state index is 13.0. The number of nitrogens with zero attached hydrogens (tertiary/aromatic N) is 2. The fourth-order valence-electron chi connectivity index (χ4n) is 4.27. The summed E-state index contributed by atoms with van der Waals surface area (Å²) in [5.74, 6) is -0.766. The molecule has 1 aliphatic heterocycles. The molecule has 2 amide bonds. The second-order valence-corrected chi connectivity index (χ2v) is 8.90. The minimum atomic E-state index is -0.502. The first-order valence-electron chi connectivity index (χ1n) is 10.7. The fourth-order valence-corrected chi connectivity index (χ4v) is 4.71. The van der Waals surface area contributed by atoms with Crippen molar-refractivity contribution in [2.75, 3.05) is 25.0 Å². The van der Waals surface area contributed by atoms with E-state index in [0.717, 1.165) is 0 Å². The Morgan fingerprint density at radius 3 is 2.50 bits per heavy atom. The van der Waals surface area contributed by atoms with Crippen molar-refractivity contribution in [1.29, 1.82) is 0 Å². The van der Waals surface area contributed by atoms with E-state index in [2.05, 4.69) is 31.5 Å². The van der Waals surface area contributed by atoms with Crippen LogP contribution in [0.3, 0.4) is 0 Å². The van der Waals surface area contributed by atoms with Crippen LogP contribution in [-0.4, -0.2) is 47.9 Å². The van der Waals surface area contributed by atoms with Gasteiger partial charge in [-0.05, 0) is 25.0 Å². The summed E-state index contributed by atoms with van der Waals surface area (Å²) in [4.78, 5) is 53.1. The topological polar surface area (TPSA) is 137 Å². The van der Waals surface area contributed by atoms with Crippen LogP contribution in [0.2, 0.25) is 0 Å². The molecule has 3 N–H and O–H groups in total. The molecule has 0 aliphatic carbocycles. The maximum absolute atomic E-state index is 13.0. The van der Waals surface area contributed by atoms with E-state index >= 15 is 0 Å². The van der Waals surface area contributed by atoms with Crippen LogP contribution in [0.25, 0.3) is 10.9 Å². The lowest BCUT2D eigenvalue weighted by Crippen LogP contribution is -2.45. The Hall–Kier alpha value is -3.73. The van der Waals surface area contributed by atoms with Crippen LogP contribution in [0.4, 0.5) is 11.4 Å². The Morgan fingerprint density at radius 2 is 1.82 bits per heavy atom. The van der Waals surface area contributed by atoms with Crippen molar-refractivity contribution in [1.82, 2.24) is 15.6 Å². The number of para-hydroxylation sites is 1. The van der Waals surface area contributed by atoms with E-state index in [9.17, 15) is 24.5 Å². The molecule has 0 spiro atoms. The van der Waals surface area contributed by atoms with Crippen LogP contribution in [0, 0.1) is 10.1 Å². The van der Waals surface area contributed by atoms with Crippen molar-refractivity contribution >= 4 is 50.0 Å². The summed E-state index contributed by atoms with van der Waals surface area (Å²) in [6.07, 6.45) is 1.04. The highest BCUT2D eigenvalue weighted by molar-refractivity contribution is 9.10. The molecular formula is C23H22BrN5O5. The molecule has 176 valence electrons. The number of nitro benzene ring substituents is 1. The monoisotopic (exact) mass is 527 g/mol. The van der Waals surface area contributed by atoms with Gasteiger partial charge in [-0.2, -0.15) is 0 Å². The van der Waals surface area contributed by atoms with E-state index in [1.807, 2.05) is 0 Å². The summed E-state index contributed by atoms with van der Waals surface area (Å²) >= 11 is 3.24. The third-order valence-corrected chi connectivity index (χ3v) is 6.32. The molecule has 0 radical (unpaired) electrons. The molecule has 34 heavy (non-hydrogen) atoms. The Balaban J connectivity index is 1.54. The van der Waals surface area contributed by atoms with Crippen LogP contribution in [0.5, 0.6) is 0 Å². The summed E-state index contributed by atoms with van der Waals surface area (Å²) in [6, 6.07) is 11.1. The number of aromatic nitrogens is 1. The highest BCUT2D eigenvalue weighted by Crippen LogP contribution is 2.37. The number of hydrogen-bond acceptors (Lipinski definition) is 6. The van der Waals surface area contributed by atoms with E-state index in [1.54, 1.807) is 35.2 Å². The van der Waals surface area contributed by atoms with Gasteiger partial charge in [-0.15, -0.1) is 0 Å². The van der Waals surface area contributed by atoms with Gasteiger partial charge < -0.3 is 20.5 Å². The summed E-state index contributed by atoms with van der Waals surface area (Å²) in [6.45, 7) is 0.821. The van der Waals surface area contributed by atoms with Gasteiger partial charge in [0.25, 0.3) is 17.5 Å². The van der Waals surface area contributed by atoms with Gasteiger partial charge in [0, 0.05) is 53.7 Å². The van der Waals surface area contributed by atoms with Gasteiger partial charge in [0.05, 0.1) is 16.1 Å². The summed E-state index contributed by atoms with van der Waals surface area (Å²) in [5, 5.41) is 17.9. The van der Waals surface area contributed by atoms with Crippen molar-refractivity contribution in [3.05, 3.63) is 78.5 Å². The number of aromatic amines is 1. The number of anilines is 1. The first kappa shape index (κ1) is 23.4. The molecule has 0 saturated carbocycles. The van der Waals surface area contributed by atoms with Gasteiger partial charge >= 0.3 is 0 Å². The summed E-state index contributed by atoms with van der Waals surface area (Å²) in [5.41, 5.74) is 0.832. The van der Waals surface area contributed by atoms with Crippen molar-refractivity contribution < 1.29 is 14.5 Å². The molecule has 0 unspecified atom stereocenters. The Morgan fingerprint density at radius 1 is 1.12 bits per heavy atom. The second kappa shape index (κ2) is 9.64. The predicted octanol–water partition coefficient (Wildman–Crippen LogP) is 2.96. The zero-order valence-corrected chi connectivity index (χ0v) is 19.8. The van der Waals surface area contributed by atoms with Gasteiger partial charge in [-0.3, -0.25) is 24.5 Å². The third-order valence-electron chi connectivity index (χ3n) is 5.86. The standard InChI is InChI=1S/C23H22BrN5O5/c1-25-22(31)17-10-13(24)11-19(29(33)34)21(17)28-8-6-14(7-9-28)26-23(32)16-12-20(30)27-18-5-3-2-4-15(16)18/h2-5,10-12,14H,6-9H2,1H3,(H,25,31)(H,26,32)(H,27,30). The molecular weight excluding hydrogens is 506 g/mol. The quantitative estimate of drug-likeness (QED) is 0.344. The smallest absolute Gasteiger partial charge is 0.294 e. The van der Waals surface area contributed by atoms with Crippen LogP contribution in [0.1, 0.15) is 33.6 Å². The number of nitro groups is 1. The van der Waals surface area contributed by atoms with Crippen molar-refractivity contribution in [3.8, 4) is 0 Å². The number of halogens is 1. The molecule has 11 heteroatoms. The number of nitrogens with one attached hydrogen (secondary N) is 3. The van der Waals surface area contributed by atoms with Gasteiger partial charge in [0.15, 0.2) is 0 Å². The van der Waals surface area contributed by atoms with Crippen LogP contribution in [0.15, 0.2) is 51.7 Å². The Bertz CT molecular complexity index is 1350. The van der Waals surface area contributed by atoms with E-state index in [-0.39, 0.29) is 34.4 Å². The zero-order valence-electron chi connectivity index (χ0n) is 18.3. The van der Waals surface area contributed by atoms with Gasteiger partial charge in [-0.1, -0.05) is 34.1 Å². The van der Waals surface area contributed by atoms with Crippen LogP contribution < -0.4 is 21.1 Å². The van der Waals surface area contributed by atoms with E-state index in [1.165, 1.54) is 19.2 Å². The summed E-state index contributed by atoms with van der Waals surface area (Å²) in [7, 11) is 1.47. The zero-order chi connectivity index (χ0) is 24.4. The van der Waals surface area contributed by atoms with Gasteiger partial charge in [-0.25, -0.2) is 0 Å². The molecule has 1 aliphatic rings. The number of carbonyl (C=O) groups excluding carboxylic acids is 2. The largest absolute Gasteiger partial charge is 0.365 e. The number of hydrogen-bond donors (Lipinski definition) is 3. The number of pyridine rings is 1. The highest BCUT2D eigenvalue weighted by Gasteiger charge is 2.31. The number of carbonyl (C=O) groups is 2. The average Bonchev–Trinajstić information content (AvgIpc) is 2.82. The molecule has 2 heterocycles. The van der Waals surface area contributed by atoms with Crippen molar-refractivity contribution in [2.24, 2.45) is 0 Å². The lowest BCUT2D eigenvalue weighted by molar-refractivity contribution is -0.384. The number of amides is 2. The van der Waals surface area contributed by atoms with Gasteiger partial charge in [0.2, 0.25) is 5.56 Å². The molecule has 10 nitrogen and oxygen atoms in total. The lowest BCUT2D eigenvalue weighted by Gasteiger charge is -2.34. The van der Waals surface area contributed by atoms with E-state index in [4.69, 9.17) is 0 Å². The van der Waals surface area contributed by atoms with Crippen LogP contribution in [-0.2, 0) is 0 Å². The fraction of sp³-hybridized carbons (Fsp3) is 0.261.